The Balaban J connectivity index is 0.00000220. The average molecular weight is 377 g/mol. The fourth-order valence-corrected chi connectivity index (χ4v) is 3.10. The standard InChI is InChI=1S/C15H22BrN3O.ClH/c1-10-3-4-14(12(16)7-10)18-15(20)9-19-6-5-13(17)11(2)8-19;/h3-4,7,11,13H,5-6,8-9,17H2,1-2H3,(H,18,20);1H. The Bertz CT molecular complexity index is 498. The van der Waals surface area contributed by atoms with Gasteiger partial charge in [-0.3, -0.25) is 9.69 Å². The van der Waals surface area contributed by atoms with Crippen LogP contribution in [0.1, 0.15) is 18.9 Å². The third-order valence-corrected chi connectivity index (χ3v) is 4.48. The van der Waals surface area contributed by atoms with Gasteiger partial charge in [-0.2, -0.15) is 0 Å². The number of hydrogen-bond donors (Lipinski definition) is 2. The topological polar surface area (TPSA) is 58.4 Å². The highest BCUT2D eigenvalue weighted by atomic mass is 79.9. The maximum absolute atomic E-state index is 12.1. The Hall–Kier alpha value is -0.620. The van der Waals surface area contributed by atoms with E-state index >= 15 is 0 Å². The number of hydrogen-bond acceptors (Lipinski definition) is 3. The van der Waals surface area contributed by atoms with Crippen molar-refractivity contribution in [3.8, 4) is 0 Å². The van der Waals surface area contributed by atoms with E-state index in [-0.39, 0.29) is 24.4 Å². The molecule has 3 N–H and O–H groups in total. The van der Waals surface area contributed by atoms with Crippen LogP contribution in [0.4, 0.5) is 5.69 Å². The zero-order valence-electron chi connectivity index (χ0n) is 12.4. The summed E-state index contributed by atoms with van der Waals surface area (Å²) in [6.45, 7) is 6.38. The third-order valence-electron chi connectivity index (χ3n) is 3.82. The minimum atomic E-state index is 0. The van der Waals surface area contributed by atoms with Crippen molar-refractivity contribution in [2.75, 3.05) is 25.0 Å². The quantitative estimate of drug-likeness (QED) is 0.853. The van der Waals surface area contributed by atoms with Gasteiger partial charge in [0, 0.05) is 23.6 Å². The number of anilines is 1. The molecule has 1 saturated heterocycles. The number of benzene rings is 1. The van der Waals surface area contributed by atoms with E-state index in [2.05, 4.69) is 33.1 Å². The molecule has 1 amide bonds. The molecular weight excluding hydrogens is 354 g/mol. The summed E-state index contributed by atoms with van der Waals surface area (Å²) in [5.41, 5.74) is 7.98. The van der Waals surface area contributed by atoms with Gasteiger partial charge in [-0.1, -0.05) is 13.0 Å². The van der Waals surface area contributed by atoms with Crippen LogP contribution in [-0.4, -0.2) is 36.5 Å². The number of halogens is 2. The minimum Gasteiger partial charge on any atom is -0.327 e. The van der Waals surface area contributed by atoms with Gasteiger partial charge in [0.25, 0.3) is 0 Å². The molecule has 1 aliphatic heterocycles. The molecule has 1 aromatic rings. The molecular formula is C15H23BrClN3O. The molecule has 1 fully saturated rings. The van der Waals surface area contributed by atoms with Gasteiger partial charge in [0.2, 0.25) is 5.91 Å². The summed E-state index contributed by atoms with van der Waals surface area (Å²) < 4.78 is 0.917. The largest absolute Gasteiger partial charge is 0.327 e. The molecule has 2 unspecified atom stereocenters. The van der Waals surface area contributed by atoms with E-state index in [4.69, 9.17) is 5.73 Å². The molecule has 0 radical (unpaired) electrons. The van der Waals surface area contributed by atoms with Gasteiger partial charge < -0.3 is 11.1 Å². The number of nitrogens with zero attached hydrogens (tertiary/aromatic N) is 1. The van der Waals surface area contributed by atoms with E-state index in [1.54, 1.807) is 0 Å². The van der Waals surface area contributed by atoms with Gasteiger partial charge in [0.05, 0.1) is 12.2 Å². The second-order valence-corrected chi connectivity index (χ2v) is 6.55. The SMILES string of the molecule is Cc1ccc(NC(=O)CN2CCC(N)C(C)C2)c(Br)c1.Cl. The minimum absolute atomic E-state index is 0. The number of rotatable bonds is 3. The monoisotopic (exact) mass is 375 g/mol. The second-order valence-electron chi connectivity index (χ2n) is 5.70. The Labute approximate surface area is 141 Å². The smallest absolute Gasteiger partial charge is 0.238 e. The number of carbonyl (C=O) groups is 1. The van der Waals surface area contributed by atoms with Crippen LogP contribution in [0.3, 0.4) is 0 Å². The molecule has 1 aliphatic rings. The van der Waals surface area contributed by atoms with Crippen LogP contribution in [0.25, 0.3) is 0 Å². The van der Waals surface area contributed by atoms with Crippen molar-refractivity contribution in [2.24, 2.45) is 11.7 Å². The number of nitrogens with one attached hydrogen (secondary N) is 1. The van der Waals surface area contributed by atoms with Crippen LogP contribution in [0.5, 0.6) is 0 Å². The first-order valence-electron chi connectivity index (χ1n) is 6.99. The summed E-state index contributed by atoms with van der Waals surface area (Å²) >= 11 is 3.47. The third kappa shape index (κ3) is 5.25. The van der Waals surface area contributed by atoms with Crippen LogP contribution in [0.15, 0.2) is 22.7 Å². The summed E-state index contributed by atoms with van der Waals surface area (Å²) in [6.07, 6.45) is 0.961. The van der Waals surface area contributed by atoms with Crippen molar-refractivity contribution in [3.63, 3.8) is 0 Å². The van der Waals surface area contributed by atoms with Crippen LogP contribution >= 0.6 is 28.3 Å². The fourth-order valence-electron chi connectivity index (χ4n) is 2.51. The predicted molar refractivity (Wildman–Crippen MR) is 93.0 cm³/mol. The van der Waals surface area contributed by atoms with Gasteiger partial charge in [0.1, 0.15) is 0 Å². The number of piperidine rings is 1. The van der Waals surface area contributed by atoms with Gasteiger partial charge in [-0.15, -0.1) is 12.4 Å². The Morgan fingerprint density at radius 3 is 2.86 bits per heavy atom. The van der Waals surface area contributed by atoms with Gasteiger partial charge in [-0.05, 0) is 52.9 Å². The molecule has 0 bridgehead atoms. The lowest BCUT2D eigenvalue weighted by Crippen LogP contribution is -2.48. The van der Waals surface area contributed by atoms with Crippen LogP contribution in [0.2, 0.25) is 0 Å². The van der Waals surface area contributed by atoms with E-state index in [0.29, 0.717) is 12.5 Å². The van der Waals surface area contributed by atoms with Crippen molar-refractivity contribution in [3.05, 3.63) is 28.2 Å². The lowest BCUT2D eigenvalue weighted by atomic mass is 9.95. The Morgan fingerprint density at radius 1 is 1.52 bits per heavy atom. The van der Waals surface area contributed by atoms with E-state index in [9.17, 15) is 4.79 Å². The Morgan fingerprint density at radius 2 is 2.24 bits per heavy atom. The summed E-state index contributed by atoms with van der Waals surface area (Å²) in [4.78, 5) is 14.3. The predicted octanol–water partition coefficient (Wildman–Crippen LogP) is 2.79. The first-order chi connectivity index (χ1) is 9.45. The second kappa shape index (κ2) is 8.13. The maximum atomic E-state index is 12.1. The van der Waals surface area contributed by atoms with Crippen molar-refractivity contribution in [1.29, 1.82) is 0 Å². The summed E-state index contributed by atoms with van der Waals surface area (Å²) in [5, 5.41) is 2.95. The van der Waals surface area contributed by atoms with E-state index in [1.165, 1.54) is 0 Å². The Kier molecular flexibility index (Phi) is 7.13. The van der Waals surface area contributed by atoms with Crippen molar-refractivity contribution >= 4 is 39.9 Å². The lowest BCUT2D eigenvalue weighted by Gasteiger charge is -2.34. The molecule has 1 heterocycles. The lowest BCUT2D eigenvalue weighted by molar-refractivity contribution is -0.117. The molecule has 0 spiro atoms. The normalized spacial score (nSPS) is 22.5. The average Bonchev–Trinajstić information content (AvgIpc) is 2.37. The first-order valence-corrected chi connectivity index (χ1v) is 7.79. The van der Waals surface area contributed by atoms with Gasteiger partial charge >= 0.3 is 0 Å². The zero-order valence-corrected chi connectivity index (χ0v) is 14.8. The van der Waals surface area contributed by atoms with Gasteiger partial charge in [-0.25, -0.2) is 0 Å². The molecule has 2 rings (SSSR count). The summed E-state index contributed by atoms with van der Waals surface area (Å²) in [6, 6.07) is 6.17. The van der Waals surface area contributed by atoms with Crippen molar-refractivity contribution in [2.45, 2.75) is 26.3 Å². The van der Waals surface area contributed by atoms with Crippen molar-refractivity contribution in [1.82, 2.24) is 4.90 Å². The first kappa shape index (κ1) is 18.4. The van der Waals surface area contributed by atoms with Crippen LogP contribution in [-0.2, 0) is 4.79 Å². The molecule has 0 aliphatic carbocycles. The molecule has 21 heavy (non-hydrogen) atoms. The molecule has 0 saturated carbocycles. The molecule has 4 nitrogen and oxygen atoms in total. The molecule has 0 aromatic heterocycles. The number of nitrogens with two attached hydrogens (primary N) is 1. The zero-order chi connectivity index (χ0) is 14.7. The number of aryl methyl sites for hydroxylation is 1. The number of carbonyl (C=O) groups excluding carboxylic acids is 1. The number of amides is 1. The number of likely N-dealkylation sites (tertiary alicyclic amines) is 1. The summed E-state index contributed by atoms with van der Waals surface area (Å²) in [5.74, 6) is 0.472. The highest BCUT2D eigenvalue weighted by Gasteiger charge is 2.24. The summed E-state index contributed by atoms with van der Waals surface area (Å²) in [7, 11) is 0. The molecule has 1 aromatic carbocycles. The molecule has 118 valence electrons. The van der Waals surface area contributed by atoms with E-state index in [1.807, 2.05) is 25.1 Å². The maximum Gasteiger partial charge on any atom is 0.238 e. The molecule has 2 atom stereocenters. The highest BCUT2D eigenvalue weighted by molar-refractivity contribution is 9.10. The highest BCUT2D eigenvalue weighted by Crippen LogP contribution is 2.23. The van der Waals surface area contributed by atoms with E-state index < -0.39 is 0 Å². The molecule has 6 heteroatoms. The van der Waals surface area contributed by atoms with E-state index in [0.717, 1.165) is 35.2 Å². The van der Waals surface area contributed by atoms with Crippen LogP contribution < -0.4 is 11.1 Å². The van der Waals surface area contributed by atoms with Gasteiger partial charge in [0.15, 0.2) is 0 Å². The van der Waals surface area contributed by atoms with Crippen LogP contribution in [0, 0.1) is 12.8 Å². The van der Waals surface area contributed by atoms with Crippen molar-refractivity contribution < 1.29 is 4.79 Å². The fraction of sp³-hybridized carbons (Fsp3) is 0.533.